The Morgan fingerprint density at radius 2 is 2.16 bits per heavy atom. The minimum Gasteiger partial charge on any atom is -0.478 e. The van der Waals surface area contributed by atoms with Gasteiger partial charge in [-0.1, -0.05) is 6.57 Å². The second-order valence-corrected chi connectivity index (χ2v) is 7.29. The fourth-order valence-corrected chi connectivity index (χ4v) is 3.46. The van der Waals surface area contributed by atoms with Crippen LogP contribution < -0.4 is 16.0 Å². The molecule has 31 heavy (non-hydrogen) atoms. The lowest BCUT2D eigenvalue weighted by atomic mass is 10.00. The van der Waals surface area contributed by atoms with Gasteiger partial charge in [0.25, 0.3) is 5.82 Å². The molecule has 0 spiro atoms. The fraction of sp³-hybridized carbons (Fsp3) is 0.286. The van der Waals surface area contributed by atoms with E-state index in [4.69, 9.17) is 6.57 Å². The van der Waals surface area contributed by atoms with Crippen molar-refractivity contribution in [2.75, 3.05) is 30.3 Å². The first-order valence-electron chi connectivity index (χ1n) is 9.95. The van der Waals surface area contributed by atoms with Crippen molar-refractivity contribution in [1.82, 2.24) is 24.8 Å². The number of nitrogens with zero attached hydrogens (tertiary/aromatic N) is 5. The molecular weight excluding hydrogens is 396 g/mol. The van der Waals surface area contributed by atoms with Crippen molar-refractivity contribution in [3.05, 3.63) is 60.1 Å². The summed E-state index contributed by atoms with van der Waals surface area (Å²) in [4.78, 5) is 27.1. The molecule has 4 rings (SSSR count). The molecule has 4 N–H and O–H groups in total. The van der Waals surface area contributed by atoms with E-state index >= 15 is 0 Å². The average molecular weight is 418 g/mol. The van der Waals surface area contributed by atoms with Gasteiger partial charge < -0.3 is 30.5 Å². The third-order valence-electron chi connectivity index (χ3n) is 5.09. The fourth-order valence-electron chi connectivity index (χ4n) is 3.46. The molecule has 10 nitrogen and oxygen atoms in total. The van der Waals surface area contributed by atoms with Crippen molar-refractivity contribution in [2.24, 2.45) is 5.92 Å². The molecule has 0 aliphatic carbocycles. The number of aromatic nitrogens is 4. The summed E-state index contributed by atoms with van der Waals surface area (Å²) >= 11 is 0. The van der Waals surface area contributed by atoms with E-state index in [9.17, 15) is 9.90 Å². The highest BCUT2D eigenvalue weighted by Crippen LogP contribution is 2.26. The monoisotopic (exact) mass is 418 g/mol. The number of hydrogen-bond acceptors (Lipinski definition) is 7. The van der Waals surface area contributed by atoms with Gasteiger partial charge in [-0.25, -0.2) is 14.8 Å². The topological polar surface area (TPSA) is 121 Å². The largest absolute Gasteiger partial charge is 0.478 e. The maximum absolute atomic E-state index is 11.3. The number of rotatable bonds is 7. The molecule has 0 saturated carbocycles. The molecule has 1 fully saturated rings. The van der Waals surface area contributed by atoms with Gasteiger partial charge in [0, 0.05) is 25.0 Å². The van der Waals surface area contributed by atoms with Gasteiger partial charge in [0.05, 0.1) is 29.3 Å². The maximum Gasteiger partial charge on any atom is 0.337 e. The van der Waals surface area contributed by atoms with Gasteiger partial charge in [0.2, 0.25) is 0 Å². The number of nitrogens with one attached hydrogen (secondary N) is 3. The van der Waals surface area contributed by atoms with Crippen LogP contribution in [-0.4, -0.2) is 50.2 Å². The van der Waals surface area contributed by atoms with E-state index in [0.717, 1.165) is 43.9 Å². The van der Waals surface area contributed by atoms with E-state index in [1.807, 2.05) is 6.07 Å². The molecule has 4 heterocycles. The Kier molecular flexibility index (Phi) is 6.05. The lowest BCUT2D eigenvalue weighted by molar-refractivity contribution is 0.0697. The Hall–Kier alpha value is -3.97. The highest BCUT2D eigenvalue weighted by Gasteiger charge is 2.15. The second kappa shape index (κ2) is 9.23. The summed E-state index contributed by atoms with van der Waals surface area (Å²) in [6, 6.07) is 3.41. The molecule has 1 unspecified atom stereocenters. The molecular formula is C21H22N8O2. The molecule has 10 heteroatoms. The summed E-state index contributed by atoms with van der Waals surface area (Å²) < 4.78 is 1.74. The van der Waals surface area contributed by atoms with Gasteiger partial charge in [0.15, 0.2) is 12.0 Å². The zero-order valence-electron chi connectivity index (χ0n) is 16.7. The first kappa shape index (κ1) is 20.3. The van der Waals surface area contributed by atoms with Crippen LogP contribution in [0.1, 0.15) is 23.2 Å². The lowest BCUT2D eigenvalue weighted by Gasteiger charge is -2.24. The minimum absolute atomic E-state index is 0.208. The van der Waals surface area contributed by atoms with E-state index in [2.05, 4.69) is 35.7 Å². The predicted octanol–water partition coefficient (Wildman–Crippen LogP) is 3.07. The normalized spacial score (nSPS) is 15.8. The number of hydrogen-bond donors (Lipinski definition) is 4. The molecule has 0 radical (unpaired) electrons. The van der Waals surface area contributed by atoms with Crippen LogP contribution in [0.2, 0.25) is 0 Å². The van der Waals surface area contributed by atoms with Crippen LogP contribution in [0.25, 0.3) is 10.5 Å². The molecule has 158 valence electrons. The summed E-state index contributed by atoms with van der Waals surface area (Å²) in [6.07, 6.45) is 10.1. The van der Waals surface area contributed by atoms with Gasteiger partial charge in [-0.3, -0.25) is 0 Å². The lowest BCUT2D eigenvalue weighted by Crippen LogP contribution is -2.33. The number of aromatic carboxylic acids is 1. The summed E-state index contributed by atoms with van der Waals surface area (Å²) in [5, 5.41) is 19.2. The zero-order valence-corrected chi connectivity index (χ0v) is 16.7. The minimum atomic E-state index is -0.978. The van der Waals surface area contributed by atoms with Crippen molar-refractivity contribution in [1.29, 1.82) is 0 Å². The third kappa shape index (κ3) is 4.96. The van der Waals surface area contributed by atoms with Crippen LogP contribution in [0.4, 0.5) is 23.1 Å². The van der Waals surface area contributed by atoms with Crippen molar-refractivity contribution in [3.63, 3.8) is 0 Å². The Bertz CT molecular complexity index is 1100. The Labute approximate surface area is 179 Å². The molecule has 1 saturated heterocycles. The summed E-state index contributed by atoms with van der Waals surface area (Å²) in [7, 11) is 0. The molecule has 1 aliphatic heterocycles. The average Bonchev–Trinajstić information content (AvgIpc) is 3.29. The number of anilines is 3. The Morgan fingerprint density at radius 3 is 2.84 bits per heavy atom. The Balaban J connectivity index is 1.59. The standard InChI is InChI=1S/C21H22N8O2/c1-22-19-11-27-20(12-26-19)28-18-7-16(24-9-14-3-2-5-23-8-14)17(10-25-18)29-6-4-15(13-29)21(30)31/h4,6-7,10-14,23H,2-3,5,8-9H2,(H,30,31)(H2,24,25,27,28). The molecule has 3 aromatic rings. The second-order valence-electron chi connectivity index (χ2n) is 7.29. The number of pyridine rings is 1. The van der Waals surface area contributed by atoms with Crippen LogP contribution in [0.15, 0.2) is 43.1 Å². The first-order chi connectivity index (χ1) is 15.1. The quantitative estimate of drug-likeness (QED) is 0.432. The number of carboxylic acid groups (broad SMARTS) is 1. The van der Waals surface area contributed by atoms with Crippen LogP contribution in [0, 0.1) is 12.5 Å². The molecule has 0 amide bonds. The zero-order chi connectivity index (χ0) is 21.6. The molecule has 1 atom stereocenters. The van der Waals surface area contributed by atoms with Crippen molar-refractivity contribution in [3.8, 4) is 5.69 Å². The van der Waals surface area contributed by atoms with Crippen LogP contribution in [-0.2, 0) is 0 Å². The van der Waals surface area contributed by atoms with E-state index in [0.29, 0.717) is 17.6 Å². The van der Waals surface area contributed by atoms with Gasteiger partial charge in [-0.15, -0.1) is 4.98 Å². The summed E-state index contributed by atoms with van der Waals surface area (Å²) in [5.74, 6) is 0.790. The third-order valence-corrected chi connectivity index (χ3v) is 5.09. The first-order valence-corrected chi connectivity index (χ1v) is 9.95. The molecule has 1 aliphatic rings. The van der Waals surface area contributed by atoms with Crippen molar-refractivity contribution < 1.29 is 9.90 Å². The predicted molar refractivity (Wildman–Crippen MR) is 116 cm³/mol. The van der Waals surface area contributed by atoms with E-state index < -0.39 is 5.97 Å². The SMILES string of the molecule is [C-]#[N+]c1cnc(Nc2cc(NCC3CCCNC3)c(-n3ccc(C(=O)O)c3)cn2)cn1. The smallest absolute Gasteiger partial charge is 0.337 e. The van der Waals surface area contributed by atoms with E-state index in [1.54, 1.807) is 29.2 Å². The highest BCUT2D eigenvalue weighted by atomic mass is 16.4. The van der Waals surface area contributed by atoms with Crippen molar-refractivity contribution in [2.45, 2.75) is 12.8 Å². The number of carboxylic acids is 1. The van der Waals surface area contributed by atoms with Gasteiger partial charge in [-0.05, 0) is 37.9 Å². The molecule has 3 aromatic heterocycles. The summed E-state index contributed by atoms with van der Waals surface area (Å²) in [5.41, 5.74) is 1.78. The van der Waals surface area contributed by atoms with Crippen molar-refractivity contribution >= 4 is 29.1 Å². The van der Waals surface area contributed by atoms with Crippen LogP contribution in [0.5, 0.6) is 0 Å². The molecule has 0 bridgehead atoms. The summed E-state index contributed by atoms with van der Waals surface area (Å²) in [6.45, 7) is 9.78. The van der Waals surface area contributed by atoms with Gasteiger partial charge in [-0.2, -0.15) is 0 Å². The molecule has 0 aromatic carbocycles. The highest BCUT2D eigenvalue weighted by molar-refractivity contribution is 5.87. The van der Waals surface area contributed by atoms with Crippen LogP contribution >= 0.6 is 0 Å². The number of piperidine rings is 1. The Morgan fingerprint density at radius 1 is 1.29 bits per heavy atom. The maximum atomic E-state index is 11.3. The van der Waals surface area contributed by atoms with Gasteiger partial charge in [0.1, 0.15) is 5.82 Å². The van der Waals surface area contributed by atoms with E-state index in [1.165, 1.54) is 12.4 Å². The van der Waals surface area contributed by atoms with E-state index in [-0.39, 0.29) is 11.4 Å². The number of carbonyl (C=O) groups is 1. The van der Waals surface area contributed by atoms with Crippen LogP contribution in [0.3, 0.4) is 0 Å². The van der Waals surface area contributed by atoms with Gasteiger partial charge >= 0.3 is 5.97 Å².